The fraction of sp³-hybridized carbons (Fsp3) is 0.778. The van der Waals surface area contributed by atoms with Crippen LogP contribution >= 0.6 is 0 Å². The SMILES string of the molecule is COC([C]=O)CCCCC[C]=O. The minimum Gasteiger partial charge on any atom is -0.373 e. The van der Waals surface area contributed by atoms with Crippen LogP contribution in [0.2, 0.25) is 0 Å². The summed E-state index contributed by atoms with van der Waals surface area (Å²) in [5.74, 6) is 0. The summed E-state index contributed by atoms with van der Waals surface area (Å²) in [6.07, 6.45) is 7.09. The van der Waals surface area contributed by atoms with Gasteiger partial charge in [0.1, 0.15) is 6.10 Å². The maximum atomic E-state index is 10.1. The van der Waals surface area contributed by atoms with E-state index in [1.807, 2.05) is 6.29 Å². The van der Waals surface area contributed by atoms with Gasteiger partial charge in [-0.05, 0) is 12.8 Å². The lowest BCUT2D eigenvalue weighted by Gasteiger charge is -2.05. The van der Waals surface area contributed by atoms with Gasteiger partial charge in [-0.1, -0.05) is 12.8 Å². The predicted molar refractivity (Wildman–Crippen MR) is 45.3 cm³/mol. The van der Waals surface area contributed by atoms with E-state index in [1.165, 1.54) is 7.11 Å². The first-order chi connectivity index (χ1) is 5.85. The van der Waals surface area contributed by atoms with E-state index in [0.717, 1.165) is 19.3 Å². The molecule has 0 amide bonds. The molecule has 3 nitrogen and oxygen atoms in total. The van der Waals surface area contributed by atoms with Gasteiger partial charge in [0.25, 0.3) is 0 Å². The van der Waals surface area contributed by atoms with Crippen molar-refractivity contribution in [2.75, 3.05) is 7.11 Å². The Labute approximate surface area is 73.1 Å². The Morgan fingerprint density at radius 3 is 2.50 bits per heavy atom. The summed E-state index contributed by atoms with van der Waals surface area (Å²) < 4.78 is 4.81. The number of unbranched alkanes of at least 4 members (excludes halogenated alkanes) is 3. The van der Waals surface area contributed by atoms with Gasteiger partial charge in [-0.25, -0.2) is 0 Å². The lowest BCUT2D eigenvalue weighted by molar-refractivity contribution is 0.142. The molecule has 1 atom stereocenters. The normalized spacial score (nSPS) is 12.4. The number of carbonyl (C=O) groups excluding carboxylic acids is 2. The molecule has 0 aromatic carbocycles. The number of hydrogen-bond donors (Lipinski definition) is 0. The molecule has 1 unspecified atom stereocenters. The second-order valence-electron chi connectivity index (χ2n) is 2.59. The van der Waals surface area contributed by atoms with E-state index >= 15 is 0 Å². The highest BCUT2D eigenvalue weighted by Gasteiger charge is 2.04. The molecule has 0 fully saturated rings. The maximum absolute atomic E-state index is 10.1. The maximum Gasteiger partial charge on any atom is 0.229 e. The van der Waals surface area contributed by atoms with Crippen LogP contribution in [0.15, 0.2) is 0 Å². The van der Waals surface area contributed by atoms with Crippen LogP contribution in [0.1, 0.15) is 32.1 Å². The lowest BCUT2D eigenvalue weighted by atomic mass is 10.1. The quantitative estimate of drug-likeness (QED) is 0.513. The fourth-order valence-electron chi connectivity index (χ4n) is 0.929. The van der Waals surface area contributed by atoms with Crippen LogP contribution in [0.5, 0.6) is 0 Å². The Kier molecular flexibility index (Phi) is 7.91. The van der Waals surface area contributed by atoms with Crippen molar-refractivity contribution in [3.8, 4) is 0 Å². The molecule has 3 heteroatoms. The number of ether oxygens (including phenoxy) is 1. The van der Waals surface area contributed by atoms with E-state index in [2.05, 4.69) is 0 Å². The highest BCUT2D eigenvalue weighted by Crippen LogP contribution is 2.05. The van der Waals surface area contributed by atoms with E-state index in [4.69, 9.17) is 4.74 Å². The second-order valence-corrected chi connectivity index (χ2v) is 2.59. The molecule has 0 N–H and O–H groups in total. The molecular weight excluding hydrogens is 156 g/mol. The molecule has 0 aromatic heterocycles. The van der Waals surface area contributed by atoms with Gasteiger partial charge in [-0.2, -0.15) is 0 Å². The van der Waals surface area contributed by atoms with Crippen molar-refractivity contribution in [3.05, 3.63) is 0 Å². The third kappa shape index (κ3) is 6.04. The average Bonchev–Trinajstić information content (AvgIpc) is 2.11. The van der Waals surface area contributed by atoms with Crippen LogP contribution in [-0.4, -0.2) is 25.8 Å². The molecule has 12 heavy (non-hydrogen) atoms. The van der Waals surface area contributed by atoms with E-state index in [-0.39, 0.29) is 0 Å². The van der Waals surface area contributed by atoms with Gasteiger partial charge in [-0.15, -0.1) is 0 Å². The summed E-state index contributed by atoms with van der Waals surface area (Å²) in [6, 6.07) is 0. The monoisotopic (exact) mass is 170 g/mol. The van der Waals surface area contributed by atoms with Crippen LogP contribution < -0.4 is 0 Å². The molecule has 0 aliphatic rings. The third-order valence-corrected chi connectivity index (χ3v) is 1.66. The van der Waals surface area contributed by atoms with Crippen molar-refractivity contribution in [2.24, 2.45) is 0 Å². The Morgan fingerprint density at radius 1 is 1.25 bits per heavy atom. The zero-order chi connectivity index (χ0) is 9.23. The molecule has 2 radical (unpaired) electrons. The average molecular weight is 170 g/mol. The van der Waals surface area contributed by atoms with Gasteiger partial charge in [0.05, 0.1) is 0 Å². The van der Waals surface area contributed by atoms with Gasteiger partial charge in [0.15, 0.2) is 6.29 Å². The fourth-order valence-corrected chi connectivity index (χ4v) is 0.929. The summed E-state index contributed by atoms with van der Waals surface area (Å²) >= 11 is 0. The number of rotatable bonds is 8. The smallest absolute Gasteiger partial charge is 0.229 e. The highest BCUT2D eigenvalue weighted by molar-refractivity contribution is 5.56. The van der Waals surface area contributed by atoms with Gasteiger partial charge in [0, 0.05) is 13.5 Å². The van der Waals surface area contributed by atoms with Crippen LogP contribution in [0, 0.1) is 0 Å². The highest BCUT2D eigenvalue weighted by atomic mass is 16.5. The Balaban J connectivity index is 3.17. The molecule has 0 saturated heterocycles. The Morgan fingerprint density at radius 2 is 2.00 bits per heavy atom. The van der Waals surface area contributed by atoms with Crippen LogP contribution in [0.4, 0.5) is 0 Å². The zero-order valence-corrected chi connectivity index (χ0v) is 7.34. The van der Waals surface area contributed by atoms with E-state index < -0.39 is 6.10 Å². The largest absolute Gasteiger partial charge is 0.373 e. The van der Waals surface area contributed by atoms with Crippen molar-refractivity contribution in [3.63, 3.8) is 0 Å². The van der Waals surface area contributed by atoms with Crippen LogP contribution in [-0.2, 0) is 14.3 Å². The summed E-state index contributed by atoms with van der Waals surface area (Å²) in [4.78, 5) is 19.9. The molecule has 0 rings (SSSR count). The predicted octanol–water partition coefficient (Wildman–Crippen LogP) is 1.17. The van der Waals surface area contributed by atoms with Crippen molar-refractivity contribution in [1.82, 2.24) is 0 Å². The van der Waals surface area contributed by atoms with Gasteiger partial charge in [0.2, 0.25) is 6.29 Å². The summed E-state index contributed by atoms with van der Waals surface area (Å²) in [5, 5.41) is 0. The van der Waals surface area contributed by atoms with Crippen LogP contribution in [0.25, 0.3) is 0 Å². The van der Waals surface area contributed by atoms with Crippen molar-refractivity contribution >= 4 is 12.6 Å². The third-order valence-electron chi connectivity index (χ3n) is 1.66. The Hall–Kier alpha value is -0.700. The Bertz CT molecular complexity index is 123. The molecule has 0 aliphatic heterocycles. The second kappa shape index (κ2) is 8.40. The molecule has 0 spiro atoms. The molecule has 0 bridgehead atoms. The van der Waals surface area contributed by atoms with Crippen LogP contribution in [0.3, 0.4) is 0 Å². The number of hydrogen-bond acceptors (Lipinski definition) is 3. The molecule has 0 aliphatic carbocycles. The van der Waals surface area contributed by atoms with E-state index in [9.17, 15) is 9.59 Å². The minimum atomic E-state index is -0.398. The lowest BCUT2D eigenvalue weighted by Crippen LogP contribution is -2.11. The van der Waals surface area contributed by atoms with E-state index in [1.54, 1.807) is 6.29 Å². The first-order valence-corrected chi connectivity index (χ1v) is 4.10. The van der Waals surface area contributed by atoms with E-state index in [0.29, 0.717) is 12.8 Å². The zero-order valence-electron chi connectivity index (χ0n) is 7.34. The summed E-state index contributed by atoms with van der Waals surface area (Å²) in [7, 11) is 1.49. The molecule has 0 heterocycles. The van der Waals surface area contributed by atoms with Crippen molar-refractivity contribution < 1.29 is 14.3 Å². The first kappa shape index (κ1) is 11.3. The summed E-state index contributed by atoms with van der Waals surface area (Å²) in [5.41, 5.74) is 0. The molecular formula is C9H14O3. The van der Waals surface area contributed by atoms with Crippen molar-refractivity contribution in [2.45, 2.75) is 38.2 Å². The summed E-state index contributed by atoms with van der Waals surface area (Å²) in [6.45, 7) is 0. The standard InChI is InChI=1S/C9H14O3/c1-12-9(8-11)6-4-2-3-5-7-10/h9H,2-6H2,1H3. The van der Waals surface area contributed by atoms with Gasteiger partial charge in [-0.3, -0.25) is 9.59 Å². The molecule has 68 valence electrons. The van der Waals surface area contributed by atoms with Gasteiger partial charge >= 0.3 is 0 Å². The van der Waals surface area contributed by atoms with Crippen molar-refractivity contribution in [1.29, 1.82) is 0 Å². The number of methoxy groups -OCH3 is 1. The minimum absolute atomic E-state index is 0.398. The topological polar surface area (TPSA) is 43.4 Å². The van der Waals surface area contributed by atoms with Gasteiger partial charge < -0.3 is 4.74 Å². The molecule has 0 saturated carbocycles. The first-order valence-electron chi connectivity index (χ1n) is 4.10. The molecule has 0 aromatic rings.